The molecule has 0 saturated carbocycles. The second-order valence-electron chi connectivity index (χ2n) is 4.69. The molecule has 0 aromatic heterocycles. The van der Waals surface area contributed by atoms with Crippen LogP contribution >= 0.6 is 15.9 Å². The highest BCUT2D eigenvalue weighted by molar-refractivity contribution is 9.10. The number of carbonyl (C=O) groups is 2. The Morgan fingerprint density at radius 3 is 2.27 bits per heavy atom. The molecular weight excluding hydrogens is 348 g/mol. The van der Waals surface area contributed by atoms with E-state index in [-0.39, 0.29) is 6.42 Å². The largest absolute Gasteiger partial charge is 0.465 e. The van der Waals surface area contributed by atoms with Gasteiger partial charge in [0.05, 0.1) is 0 Å². The summed E-state index contributed by atoms with van der Waals surface area (Å²) in [6, 6.07) is 15.5. The van der Waals surface area contributed by atoms with Gasteiger partial charge in [-0.3, -0.25) is 4.79 Å². The van der Waals surface area contributed by atoms with Gasteiger partial charge >= 0.3 is 6.09 Å². The van der Waals surface area contributed by atoms with E-state index >= 15 is 0 Å². The van der Waals surface area contributed by atoms with Crippen LogP contribution in [-0.4, -0.2) is 23.1 Å². The van der Waals surface area contributed by atoms with Gasteiger partial charge < -0.3 is 15.7 Å². The fourth-order valence-corrected chi connectivity index (χ4v) is 2.24. The van der Waals surface area contributed by atoms with Crippen LogP contribution in [0.1, 0.15) is 5.56 Å². The Hall–Kier alpha value is -2.34. The van der Waals surface area contributed by atoms with Gasteiger partial charge in [-0.05, 0) is 29.8 Å². The average Bonchev–Trinajstić information content (AvgIpc) is 2.49. The molecule has 0 aliphatic carbocycles. The van der Waals surface area contributed by atoms with Crippen molar-refractivity contribution in [2.45, 2.75) is 12.5 Å². The molecule has 0 heterocycles. The zero-order valence-electron chi connectivity index (χ0n) is 11.6. The normalized spacial score (nSPS) is 11.5. The van der Waals surface area contributed by atoms with Crippen molar-refractivity contribution in [2.75, 3.05) is 5.32 Å². The number of rotatable bonds is 5. The molecule has 6 heteroatoms. The Kier molecular flexibility index (Phi) is 5.55. The molecule has 114 valence electrons. The van der Waals surface area contributed by atoms with Crippen LogP contribution < -0.4 is 10.6 Å². The van der Waals surface area contributed by atoms with Gasteiger partial charge in [0.1, 0.15) is 6.04 Å². The van der Waals surface area contributed by atoms with Crippen molar-refractivity contribution in [1.82, 2.24) is 5.32 Å². The first kappa shape index (κ1) is 16.0. The lowest BCUT2D eigenvalue weighted by molar-refractivity contribution is -0.118. The number of amides is 2. The lowest BCUT2D eigenvalue weighted by Crippen LogP contribution is -2.44. The predicted molar refractivity (Wildman–Crippen MR) is 87.9 cm³/mol. The molecule has 1 atom stereocenters. The Morgan fingerprint density at radius 2 is 1.68 bits per heavy atom. The topological polar surface area (TPSA) is 78.4 Å². The van der Waals surface area contributed by atoms with E-state index in [2.05, 4.69) is 26.6 Å². The van der Waals surface area contributed by atoms with E-state index in [0.717, 1.165) is 10.0 Å². The van der Waals surface area contributed by atoms with Gasteiger partial charge in [0.15, 0.2) is 0 Å². The number of hydrogen-bond donors (Lipinski definition) is 3. The van der Waals surface area contributed by atoms with Crippen molar-refractivity contribution in [3.8, 4) is 0 Å². The molecule has 0 saturated heterocycles. The summed E-state index contributed by atoms with van der Waals surface area (Å²) in [5.41, 5.74) is 1.49. The third kappa shape index (κ3) is 4.89. The van der Waals surface area contributed by atoms with E-state index in [4.69, 9.17) is 5.11 Å². The van der Waals surface area contributed by atoms with E-state index in [9.17, 15) is 9.59 Å². The minimum atomic E-state index is -1.23. The Morgan fingerprint density at radius 1 is 1.05 bits per heavy atom. The maximum atomic E-state index is 12.3. The van der Waals surface area contributed by atoms with Gasteiger partial charge in [-0.15, -0.1) is 0 Å². The quantitative estimate of drug-likeness (QED) is 0.763. The van der Waals surface area contributed by atoms with Gasteiger partial charge in [-0.2, -0.15) is 0 Å². The third-order valence-corrected chi connectivity index (χ3v) is 3.54. The SMILES string of the molecule is O=C(O)N[C@@H](Cc1ccccc1)C(=O)Nc1ccc(Br)cc1. The molecule has 2 aromatic carbocycles. The summed E-state index contributed by atoms with van der Waals surface area (Å²) in [6.07, 6.45) is -0.943. The minimum Gasteiger partial charge on any atom is -0.465 e. The average molecular weight is 363 g/mol. The molecule has 0 fully saturated rings. The predicted octanol–water partition coefficient (Wildman–Crippen LogP) is 3.27. The Labute approximate surface area is 136 Å². The van der Waals surface area contributed by atoms with Gasteiger partial charge in [-0.1, -0.05) is 46.3 Å². The molecule has 22 heavy (non-hydrogen) atoms. The van der Waals surface area contributed by atoms with Crippen LogP contribution in [0.25, 0.3) is 0 Å². The van der Waals surface area contributed by atoms with Crippen molar-refractivity contribution in [1.29, 1.82) is 0 Å². The van der Waals surface area contributed by atoms with Crippen molar-refractivity contribution < 1.29 is 14.7 Å². The van der Waals surface area contributed by atoms with Crippen molar-refractivity contribution in [3.05, 3.63) is 64.6 Å². The lowest BCUT2D eigenvalue weighted by Gasteiger charge is -2.17. The smallest absolute Gasteiger partial charge is 0.405 e. The van der Waals surface area contributed by atoms with Crippen LogP contribution in [0.2, 0.25) is 0 Å². The molecule has 0 spiro atoms. The van der Waals surface area contributed by atoms with E-state index in [1.54, 1.807) is 24.3 Å². The first-order valence-corrected chi connectivity index (χ1v) is 7.44. The number of carbonyl (C=O) groups excluding carboxylic acids is 1. The minimum absolute atomic E-state index is 0.287. The second kappa shape index (κ2) is 7.61. The van der Waals surface area contributed by atoms with E-state index in [1.807, 2.05) is 30.3 Å². The molecule has 2 rings (SSSR count). The first-order chi connectivity index (χ1) is 10.5. The second-order valence-corrected chi connectivity index (χ2v) is 5.60. The highest BCUT2D eigenvalue weighted by Crippen LogP contribution is 2.14. The standard InChI is InChI=1S/C16H15BrN2O3/c17-12-6-8-13(9-7-12)18-15(20)14(19-16(21)22)10-11-4-2-1-3-5-11/h1-9,14,19H,10H2,(H,18,20)(H,21,22)/t14-/m0/s1. The maximum absolute atomic E-state index is 12.3. The molecule has 3 N–H and O–H groups in total. The number of nitrogens with one attached hydrogen (secondary N) is 2. The molecular formula is C16H15BrN2O3. The summed E-state index contributed by atoms with van der Waals surface area (Å²) >= 11 is 3.31. The number of carboxylic acid groups (broad SMARTS) is 1. The number of anilines is 1. The molecule has 2 amide bonds. The number of halogens is 1. The van der Waals surface area contributed by atoms with Crippen molar-refractivity contribution in [3.63, 3.8) is 0 Å². The van der Waals surface area contributed by atoms with Crippen LogP contribution in [0.3, 0.4) is 0 Å². The third-order valence-electron chi connectivity index (χ3n) is 3.01. The van der Waals surface area contributed by atoms with Gasteiger partial charge in [-0.25, -0.2) is 4.79 Å². The summed E-state index contributed by atoms with van der Waals surface area (Å²) < 4.78 is 0.898. The van der Waals surface area contributed by atoms with Gasteiger partial charge in [0, 0.05) is 16.6 Å². The van der Waals surface area contributed by atoms with Crippen LogP contribution in [-0.2, 0) is 11.2 Å². The summed E-state index contributed by atoms with van der Waals surface area (Å²) in [5, 5.41) is 13.9. The summed E-state index contributed by atoms with van der Waals surface area (Å²) in [7, 11) is 0. The van der Waals surface area contributed by atoms with Gasteiger partial charge in [0.2, 0.25) is 5.91 Å². The Bertz CT molecular complexity index is 644. The zero-order valence-corrected chi connectivity index (χ0v) is 13.2. The van der Waals surface area contributed by atoms with Crippen LogP contribution in [0.15, 0.2) is 59.1 Å². The van der Waals surface area contributed by atoms with Crippen LogP contribution in [0.4, 0.5) is 10.5 Å². The van der Waals surface area contributed by atoms with Crippen LogP contribution in [0, 0.1) is 0 Å². The molecule has 0 unspecified atom stereocenters. The summed E-state index contributed by atoms with van der Waals surface area (Å²) in [6.45, 7) is 0. The van der Waals surface area contributed by atoms with E-state index < -0.39 is 18.0 Å². The van der Waals surface area contributed by atoms with Crippen molar-refractivity contribution in [2.24, 2.45) is 0 Å². The maximum Gasteiger partial charge on any atom is 0.405 e. The number of hydrogen-bond acceptors (Lipinski definition) is 2. The molecule has 5 nitrogen and oxygen atoms in total. The van der Waals surface area contributed by atoms with Crippen LogP contribution in [0.5, 0.6) is 0 Å². The number of benzene rings is 2. The van der Waals surface area contributed by atoms with E-state index in [0.29, 0.717) is 5.69 Å². The first-order valence-electron chi connectivity index (χ1n) is 6.64. The van der Waals surface area contributed by atoms with Crippen molar-refractivity contribution >= 4 is 33.6 Å². The molecule has 0 aliphatic rings. The molecule has 0 bridgehead atoms. The highest BCUT2D eigenvalue weighted by Gasteiger charge is 2.21. The molecule has 2 aromatic rings. The summed E-state index contributed by atoms with van der Waals surface area (Å²) in [4.78, 5) is 23.2. The Balaban J connectivity index is 2.08. The lowest BCUT2D eigenvalue weighted by atomic mass is 10.1. The molecule has 0 aliphatic heterocycles. The highest BCUT2D eigenvalue weighted by atomic mass is 79.9. The monoisotopic (exact) mass is 362 g/mol. The summed E-state index contributed by atoms with van der Waals surface area (Å²) in [5.74, 6) is -0.395. The molecule has 0 radical (unpaired) electrons. The zero-order chi connectivity index (χ0) is 15.9. The van der Waals surface area contributed by atoms with Gasteiger partial charge in [0.25, 0.3) is 0 Å². The fraction of sp³-hybridized carbons (Fsp3) is 0.125. The van der Waals surface area contributed by atoms with E-state index in [1.165, 1.54) is 0 Å². The fourth-order valence-electron chi connectivity index (χ4n) is 1.97.